The molecule has 1 saturated carbocycles. The number of unbranched alkanes of at least 4 members (excludes halogenated alkanes) is 1. The number of ether oxygens (including phenoxy) is 1. The second kappa shape index (κ2) is 10.2. The van der Waals surface area contributed by atoms with Crippen molar-refractivity contribution in [3.63, 3.8) is 0 Å². The predicted molar refractivity (Wildman–Crippen MR) is 96.7 cm³/mol. The van der Waals surface area contributed by atoms with Crippen molar-refractivity contribution in [1.29, 1.82) is 0 Å². The van der Waals surface area contributed by atoms with Crippen LogP contribution in [0, 0.1) is 11.8 Å². The largest absolute Gasteiger partial charge is 0.444 e. The molecule has 0 aromatic carbocycles. The van der Waals surface area contributed by atoms with E-state index < -0.39 is 5.60 Å². The van der Waals surface area contributed by atoms with Crippen LogP contribution in [0.3, 0.4) is 0 Å². The molecule has 23 heavy (non-hydrogen) atoms. The van der Waals surface area contributed by atoms with Crippen LogP contribution in [0.2, 0.25) is 0 Å². The molecule has 1 unspecified atom stereocenters. The number of amides is 1. The number of hydrogen-bond acceptors (Lipinski definition) is 3. The zero-order chi connectivity index (χ0) is 17.3. The van der Waals surface area contributed by atoms with E-state index in [2.05, 4.69) is 24.5 Å². The zero-order valence-corrected chi connectivity index (χ0v) is 15.9. The van der Waals surface area contributed by atoms with Crippen LogP contribution in [-0.4, -0.2) is 30.8 Å². The summed E-state index contributed by atoms with van der Waals surface area (Å²) in [6, 6.07) is 0.349. The number of alkyl carbamates (subject to hydrolysis) is 1. The van der Waals surface area contributed by atoms with Crippen LogP contribution >= 0.6 is 0 Å². The molecule has 4 nitrogen and oxygen atoms in total. The maximum atomic E-state index is 11.8. The van der Waals surface area contributed by atoms with Crippen LogP contribution in [0.25, 0.3) is 0 Å². The Kier molecular flexibility index (Phi) is 8.96. The molecule has 2 N–H and O–H groups in total. The number of carbonyl (C=O) groups is 1. The molecule has 0 bridgehead atoms. The first-order valence-electron chi connectivity index (χ1n) is 9.50. The van der Waals surface area contributed by atoms with Crippen LogP contribution in [-0.2, 0) is 4.74 Å². The van der Waals surface area contributed by atoms with E-state index in [4.69, 9.17) is 4.74 Å². The van der Waals surface area contributed by atoms with E-state index in [-0.39, 0.29) is 6.09 Å². The minimum absolute atomic E-state index is 0.313. The van der Waals surface area contributed by atoms with Crippen molar-refractivity contribution < 1.29 is 9.53 Å². The van der Waals surface area contributed by atoms with Gasteiger partial charge >= 0.3 is 6.09 Å². The summed E-state index contributed by atoms with van der Waals surface area (Å²) in [5.74, 6) is 1.70. The van der Waals surface area contributed by atoms with Gasteiger partial charge in [0.2, 0.25) is 0 Å². The zero-order valence-electron chi connectivity index (χ0n) is 15.9. The maximum absolute atomic E-state index is 11.8. The molecule has 4 heteroatoms. The molecule has 0 heterocycles. The average Bonchev–Trinajstić information content (AvgIpc) is 2.46. The SMILES string of the molecule is CCCCC(CNC(=O)OC(C)(C)C)NCC1CCC(C)CC1. The van der Waals surface area contributed by atoms with Crippen molar-refractivity contribution in [1.82, 2.24) is 10.6 Å². The lowest BCUT2D eigenvalue weighted by atomic mass is 9.83. The van der Waals surface area contributed by atoms with Gasteiger partial charge in [0.25, 0.3) is 0 Å². The van der Waals surface area contributed by atoms with Gasteiger partial charge in [0.15, 0.2) is 0 Å². The molecule has 1 fully saturated rings. The van der Waals surface area contributed by atoms with Crippen molar-refractivity contribution >= 4 is 6.09 Å². The highest BCUT2D eigenvalue weighted by atomic mass is 16.6. The number of hydrogen-bond donors (Lipinski definition) is 2. The maximum Gasteiger partial charge on any atom is 0.407 e. The van der Waals surface area contributed by atoms with Gasteiger partial charge < -0.3 is 15.4 Å². The molecule has 1 amide bonds. The summed E-state index contributed by atoms with van der Waals surface area (Å²) in [7, 11) is 0. The van der Waals surface area contributed by atoms with Crippen molar-refractivity contribution in [2.24, 2.45) is 11.8 Å². The first-order chi connectivity index (χ1) is 10.8. The third-order valence-electron chi connectivity index (χ3n) is 4.63. The lowest BCUT2D eigenvalue weighted by molar-refractivity contribution is 0.0521. The molecule has 0 radical (unpaired) electrons. The van der Waals surface area contributed by atoms with Crippen molar-refractivity contribution in [3.05, 3.63) is 0 Å². The highest BCUT2D eigenvalue weighted by molar-refractivity contribution is 5.67. The third-order valence-corrected chi connectivity index (χ3v) is 4.63. The van der Waals surface area contributed by atoms with Gasteiger partial charge in [-0.1, -0.05) is 39.5 Å². The van der Waals surface area contributed by atoms with Crippen molar-refractivity contribution in [3.8, 4) is 0 Å². The molecule has 1 aliphatic carbocycles. The Labute approximate surface area is 143 Å². The minimum Gasteiger partial charge on any atom is -0.444 e. The third kappa shape index (κ3) is 9.85. The fourth-order valence-corrected chi connectivity index (χ4v) is 3.11. The Bertz CT molecular complexity index is 331. The molecule has 0 aliphatic heterocycles. The van der Waals surface area contributed by atoms with E-state index in [0.29, 0.717) is 12.6 Å². The molecule has 0 spiro atoms. The average molecular weight is 327 g/mol. The van der Waals surface area contributed by atoms with Gasteiger partial charge in [0.1, 0.15) is 5.60 Å². The standard InChI is InChI=1S/C19H38N2O2/c1-6-7-8-17(14-21-18(22)23-19(3,4)5)20-13-16-11-9-15(2)10-12-16/h15-17,20H,6-14H2,1-5H3,(H,21,22). The van der Waals surface area contributed by atoms with Gasteiger partial charge in [0, 0.05) is 12.6 Å². The van der Waals surface area contributed by atoms with Gasteiger partial charge in [-0.15, -0.1) is 0 Å². The summed E-state index contributed by atoms with van der Waals surface area (Å²) in [5.41, 5.74) is -0.435. The van der Waals surface area contributed by atoms with Gasteiger partial charge in [-0.05, 0) is 58.4 Å². The van der Waals surface area contributed by atoms with Gasteiger partial charge in [0.05, 0.1) is 0 Å². The van der Waals surface area contributed by atoms with Crippen LogP contribution in [0.1, 0.15) is 79.6 Å². The summed E-state index contributed by atoms with van der Waals surface area (Å²) in [6.07, 6.45) is 8.58. The van der Waals surface area contributed by atoms with E-state index in [9.17, 15) is 4.79 Å². The van der Waals surface area contributed by atoms with E-state index >= 15 is 0 Å². The highest BCUT2D eigenvalue weighted by Crippen LogP contribution is 2.27. The lowest BCUT2D eigenvalue weighted by Crippen LogP contribution is -2.44. The fourth-order valence-electron chi connectivity index (χ4n) is 3.11. The molecular weight excluding hydrogens is 288 g/mol. The minimum atomic E-state index is -0.435. The summed E-state index contributed by atoms with van der Waals surface area (Å²) in [5, 5.41) is 6.61. The van der Waals surface area contributed by atoms with E-state index in [1.54, 1.807) is 0 Å². The molecule has 1 atom stereocenters. The second-order valence-corrected chi connectivity index (χ2v) is 8.26. The predicted octanol–water partition coefficient (Wildman–Crippen LogP) is 4.49. The first kappa shape index (κ1) is 20.3. The summed E-state index contributed by atoms with van der Waals surface area (Å²) < 4.78 is 5.32. The van der Waals surface area contributed by atoms with E-state index in [1.807, 2.05) is 20.8 Å². The van der Waals surface area contributed by atoms with Crippen molar-refractivity contribution in [2.45, 2.75) is 91.2 Å². The van der Waals surface area contributed by atoms with Crippen LogP contribution in [0.15, 0.2) is 0 Å². The molecule has 0 aromatic rings. The summed E-state index contributed by atoms with van der Waals surface area (Å²) in [4.78, 5) is 11.8. The Morgan fingerprint density at radius 2 is 1.87 bits per heavy atom. The second-order valence-electron chi connectivity index (χ2n) is 8.26. The Balaban J connectivity index is 2.32. The molecule has 1 rings (SSSR count). The topological polar surface area (TPSA) is 50.4 Å². The number of carbonyl (C=O) groups excluding carboxylic acids is 1. The molecule has 0 aromatic heterocycles. The van der Waals surface area contributed by atoms with Crippen LogP contribution in [0.5, 0.6) is 0 Å². The summed E-state index contributed by atoms with van der Waals surface area (Å²) >= 11 is 0. The van der Waals surface area contributed by atoms with E-state index in [1.165, 1.54) is 38.5 Å². The monoisotopic (exact) mass is 326 g/mol. The lowest BCUT2D eigenvalue weighted by Gasteiger charge is -2.29. The molecule has 0 saturated heterocycles. The van der Waals surface area contributed by atoms with Gasteiger partial charge in [-0.25, -0.2) is 4.79 Å². The normalized spacial score (nSPS) is 23.3. The molecule has 1 aliphatic rings. The number of rotatable bonds is 8. The van der Waals surface area contributed by atoms with Crippen molar-refractivity contribution in [2.75, 3.05) is 13.1 Å². The fraction of sp³-hybridized carbons (Fsp3) is 0.947. The quantitative estimate of drug-likeness (QED) is 0.691. The molecule has 136 valence electrons. The smallest absolute Gasteiger partial charge is 0.407 e. The van der Waals surface area contributed by atoms with Crippen LogP contribution < -0.4 is 10.6 Å². The van der Waals surface area contributed by atoms with Crippen LogP contribution in [0.4, 0.5) is 4.79 Å². The Morgan fingerprint density at radius 1 is 1.22 bits per heavy atom. The van der Waals surface area contributed by atoms with E-state index in [0.717, 1.165) is 24.8 Å². The Morgan fingerprint density at radius 3 is 2.43 bits per heavy atom. The van der Waals surface area contributed by atoms with Gasteiger partial charge in [-0.3, -0.25) is 0 Å². The summed E-state index contributed by atoms with van der Waals surface area (Å²) in [6.45, 7) is 12.0. The number of nitrogens with one attached hydrogen (secondary N) is 2. The van der Waals surface area contributed by atoms with Gasteiger partial charge in [-0.2, -0.15) is 0 Å². The Hall–Kier alpha value is -0.770. The molecular formula is C19H38N2O2. The highest BCUT2D eigenvalue weighted by Gasteiger charge is 2.20. The first-order valence-corrected chi connectivity index (χ1v) is 9.50.